The summed E-state index contributed by atoms with van der Waals surface area (Å²) in [5.41, 5.74) is 8.18. The van der Waals surface area contributed by atoms with Gasteiger partial charge in [-0.3, -0.25) is 29.3 Å². The van der Waals surface area contributed by atoms with Crippen molar-refractivity contribution in [1.29, 1.82) is 0 Å². The Hall–Kier alpha value is -3.36. The maximum atomic E-state index is 12.1. The van der Waals surface area contributed by atoms with E-state index in [4.69, 9.17) is 0 Å². The Labute approximate surface area is 179 Å². The second-order valence-electron chi connectivity index (χ2n) is 7.54. The van der Waals surface area contributed by atoms with E-state index in [0.29, 0.717) is 12.1 Å². The van der Waals surface area contributed by atoms with Crippen LogP contribution in [0.15, 0.2) is 47.5 Å². The minimum absolute atomic E-state index is 0.0428. The van der Waals surface area contributed by atoms with Crippen LogP contribution in [0.1, 0.15) is 40.5 Å². The molecule has 0 radical (unpaired) electrons. The lowest BCUT2D eigenvalue weighted by molar-refractivity contribution is 0.0532. The topological polar surface area (TPSA) is 100 Å². The van der Waals surface area contributed by atoms with Crippen molar-refractivity contribution in [2.24, 2.45) is 0 Å². The molecular weight excluding hydrogens is 394 g/mol. The van der Waals surface area contributed by atoms with Gasteiger partial charge < -0.3 is 4.98 Å². The van der Waals surface area contributed by atoms with Crippen LogP contribution in [0.25, 0.3) is 16.6 Å². The minimum atomic E-state index is -0.367. The molecular formula is C23H25N5O3. The number of H-pyrrole nitrogens is 1. The minimum Gasteiger partial charge on any atom is -0.320 e. The maximum Gasteiger partial charge on any atom is 0.293 e. The smallest absolute Gasteiger partial charge is 0.293 e. The third-order valence-electron chi connectivity index (χ3n) is 5.47. The van der Waals surface area contributed by atoms with E-state index in [1.165, 1.54) is 12.7 Å². The first-order valence-electron chi connectivity index (χ1n) is 10.3. The summed E-state index contributed by atoms with van der Waals surface area (Å²) in [5, 5.41) is 0. The van der Waals surface area contributed by atoms with Crippen molar-refractivity contribution in [3.63, 3.8) is 0 Å². The first-order chi connectivity index (χ1) is 15.1. The third-order valence-corrected chi connectivity index (χ3v) is 5.47. The van der Waals surface area contributed by atoms with Crippen LogP contribution in [0.5, 0.6) is 0 Å². The highest BCUT2D eigenvalue weighted by molar-refractivity contribution is 5.91. The molecule has 4 heterocycles. The number of pyridine rings is 3. The number of nitrogens with zero attached hydrogens (tertiary/aromatic N) is 3. The number of carbonyl (C=O) groups is 1. The molecule has 8 nitrogen and oxygen atoms in total. The van der Waals surface area contributed by atoms with Gasteiger partial charge in [-0.25, -0.2) is 5.48 Å². The van der Waals surface area contributed by atoms with E-state index in [2.05, 4.69) is 36.2 Å². The number of rotatable bonds is 6. The number of aromatic amines is 1. The SMILES string of the molecule is CCc1cc2ncc(CN3CC=C(c4ccc(C(=O)NOC)nc4)CC3)cc2[nH]c1=O. The highest BCUT2D eigenvalue weighted by Gasteiger charge is 2.15. The van der Waals surface area contributed by atoms with Gasteiger partial charge in [0.15, 0.2) is 0 Å². The molecule has 8 heteroatoms. The van der Waals surface area contributed by atoms with Gasteiger partial charge in [0.2, 0.25) is 0 Å². The maximum absolute atomic E-state index is 12.1. The van der Waals surface area contributed by atoms with Gasteiger partial charge in [0.05, 0.1) is 18.1 Å². The van der Waals surface area contributed by atoms with Gasteiger partial charge in [-0.1, -0.05) is 19.1 Å². The molecule has 4 rings (SSSR count). The fourth-order valence-corrected chi connectivity index (χ4v) is 3.75. The fourth-order valence-electron chi connectivity index (χ4n) is 3.75. The van der Waals surface area contributed by atoms with Crippen LogP contribution >= 0.6 is 0 Å². The fraction of sp³-hybridized carbons (Fsp3) is 0.304. The lowest BCUT2D eigenvalue weighted by atomic mass is 10.0. The van der Waals surface area contributed by atoms with Crippen LogP contribution in [-0.2, 0) is 17.8 Å². The van der Waals surface area contributed by atoms with Crippen LogP contribution in [0.3, 0.4) is 0 Å². The van der Waals surface area contributed by atoms with Crippen molar-refractivity contribution in [3.05, 3.63) is 75.5 Å². The zero-order valence-corrected chi connectivity index (χ0v) is 17.6. The molecule has 0 spiro atoms. The summed E-state index contributed by atoms with van der Waals surface area (Å²) in [6.07, 6.45) is 7.38. The second-order valence-corrected chi connectivity index (χ2v) is 7.54. The predicted molar refractivity (Wildman–Crippen MR) is 118 cm³/mol. The monoisotopic (exact) mass is 419 g/mol. The van der Waals surface area contributed by atoms with Gasteiger partial charge >= 0.3 is 0 Å². The molecule has 2 N–H and O–H groups in total. The van der Waals surface area contributed by atoms with E-state index in [9.17, 15) is 9.59 Å². The molecule has 0 fully saturated rings. The summed E-state index contributed by atoms with van der Waals surface area (Å²) >= 11 is 0. The first kappa shape index (κ1) is 20.9. The Kier molecular flexibility index (Phi) is 6.20. The van der Waals surface area contributed by atoms with Crippen molar-refractivity contribution in [3.8, 4) is 0 Å². The van der Waals surface area contributed by atoms with Crippen LogP contribution in [0, 0.1) is 0 Å². The summed E-state index contributed by atoms with van der Waals surface area (Å²) < 4.78 is 0. The van der Waals surface area contributed by atoms with Gasteiger partial charge in [-0.2, -0.15) is 0 Å². The van der Waals surface area contributed by atoms with E-state index < -0.39 is 0 Å². The first-order valence-corrected chi connectivity index (χ1v) is 10.3. The van der Waals surface area contributed by atoms with Crippen molar-refractivity contribution in [2.75, 3.05) is 20.2 Å². The van der Waals surface area contributed by atoms with Crippen LogP contribution < -0.4 is 11.0 Å². The summed E-state index contributed by atoms with van der Waals surface area (Å²) in [4.78, 5) is 42.5. The van der Waals surface area contributed by atoms with Crippen LogP contribution in [0.2, 0.25) is 0 Å². The standard InChI is InChI=1S/C23H25N5O3/c1-3-16-11-20-21(26-22(16)29)10-15(12-24-20)14-28-8-6-17(7-9-28)18-4-5-19(25-13-18)23(30)27-31-2/h4-6,10-13H,3,7-9,14H2,1-2H3,(H,26,29)(H,27,30). The highest BCUT2D eigenvalue weighted by atomic mass is 16.6. The largest absolute Gasteiger partial charge is 0.320 e. The normalized spacial score (nSPS) is 14.5. The molecule has 31 heavy (non-hydrogen) atoms. The van der Waals surface area contributed by atoms with E-state index in [1.807, 2.05) is 31.3 Å². The number of hydroxylamine groups is 1. The van der Waals surface area contributed by atoms with Crippen molar-refractivity contribution >= 4 is 22.5 Å². The highest BCUT2D eigenvalue weighted by Crippen LogP contribution is 2.23. The second kappa shape index (κ2) is 9.20. The van der Waals surface area contributed by atoms with E-state index in [0.717, 1.165) is 53.8 Å². The van der Waals surface area contributed by atoms with E-state index in [1.54, 1.807) is 12.3 Å². The predicted octanol–water partition coefficient (Wildman–Crippen LogP) is 2.46. The van der Waals surface area contributed by atoms with Gasteiger partial charge in [0.25, 0.3) is 11.5 Å². The molecule has 0 atom stereocenters. The third kappa shape index (κ3) is 4.70. The lowest BCUT2D eigenvalue weighted by Crippen LogP contribution is -2.28. The molecule has 0 aromatic carbocycles. The molecule has 1 aliphatic heterocycles. The average molecular weight is 419 g/mol. The van der Waals surface area contributed by atoms with Gasteiger partial charge in [-0.05, 0) is 47.7 Å². The van der Waals surface area contributed by atoms with Crippen LogP contribution in [-0.4, -0.2) is 46.0 Å². The number of aromatic nitrogens is 3. The Morgan fingerprint density at radius 2 is 2.13 bits per heavy atom. The van der Waals surface area contributed by atoms with E-state index >= 15 is 0 Å². The summed E-state index contributed by atoms with van der Waals surface area (Å²) in [6.45, 7) is 4.44. The van der Waals surface area contributed by atoms with Crippen molar-refractivity contribution in [2.45, 2.75) is 26.3 Å². The number of carbonyl (C=O) groups excluding carboxylic acids is 1. The quantitative estimate of drug-likeness (QED) is 0.596. The molecule has 1 amide bonds. The van der Waals surface area contributed by atoms with Gasteiger partial charge in [0.1, 0.15) is 5.69 Å². The van der Waals surface area contributed by atoms with Gasteiger partial charge in [-0.15, -0.1) is 0 Å². The molecule has 0 saturated heterocycles. The Balaban J connectivity index is 1.42. The molecule has 3 aromatic heterocycles. The summed E-state index contributed by atoms with van der Waals surface area (Å²) in [5.74, 6) is -0.367. The number of aryl methyl sites for hydroxylation is 1. The summed E-state index contributed by atoms with van der Waals surface area (Å²) in [7, 11) is 1.39. The Bertz CT molecular complexity index is 1180. The Morgan fingerprint density at radius 3 is 2.81 bits per heavy atom. The number of fused-ring (bicyclic) bond motifs is 1. The van der Waals surface area contributed by atoms with E-state index in [-0.39, 0.29) is 11.5 Å². The van der Waals surface area contributed by atoms with Crippen molar-refractivity contribution in [1.82, 2.24) is 25.3 Å². The molecule has 0 saturated carbocycles. The molecule has 3 aromatic rings. The average Bonchev–Trinajstić information content (AvgIpc) is 2.79. The number of amides is 1. The van der Waals surface area contributed by atoms with Crippen LogP contribution in [0.4, 0.5) is 0 Å². The zero-order valence-electron chi connectivity index (χ0n) is 17.6. The summed E-state index contributed by atoms with van der Waals surface area (Å²) in [6, 6.07) is 7.48. The number of nitrogens with one attached hydrogen (secondary N) is 2. The molecule has 0 aliphatic carbocycles. The van der Waals surface area contributed by atoms with Gasteiger partial charge in [0, 0.05) is 37.6 Å². The zero-order chi connectivity index (χ0) is 21.8. The molecule has 1 aliphatic rings. The lowest BCUT2D eigenvalue weighted by Gasteiger charge is -2.26. The molecule has 0 bridgehead atoms. The number of hydrogen-bond acceptors (Lipinski definition) is 6. The number of hydrogen-bond donors (Lipinski definition) is 2. The van der Waals surface area contributed by atoms with Crippen molar-refractivity contribution < 1.29 is 9.63 Å². The molecule has 0 unspecified atom stereocenters. The molecule has 160 valence electrons. The Morgan fingerprint density at radius 1 is 1.26 bits per heavy atom.